The first-order valence-electron chi connectivity index (χ1n) is 4.93. The Bertz CT molecular complexity index is 266. The summed E-state index contributed by atoms with van der Waals surface area (Å²) in [5, 5.41) is 3.28. The van der Waals surface area contributed by atoms with Crippen LogP contribution < -0.4 is 5.32 Å². The number of nitrogens with one attached hydrogen (secondary N) is 1. The molecule has 0 aromatic heterocycles. The van der Waals surface area contributed by atoms with E-state index in [1.807, 2.05) is 7.05 Å². The molecule has 0 bridgehead atoms. The van der Waals surface area contributed by atoms with Crippen molar-refractivity contribution in [3.8, 4) is 0 Å². The maximum absolute atomic E-state index is 3.28. The molecule has 1 atom stereocenters. The van der Waals surface area contributed by atoms with E-state index in [-0.39, 0.29) is 0 Å². The lowest BCUT2D eigenvalue weighted by molar-refractivity contribution is 0.638. The van der Waals surface area contributed by atoms with Gasteiger partial charge in [-0.3, -0.25) is 0 Å². The molecule has 1 heteroatoms. The van der Waals surface area contributed by atoms with Crippen LogP contribution in [0.5, 0.6) is 0 Å². The molecule has 0 unspecified atom stereocenters. The minimum absolute atomic E-state index is 0.443. The average Bonchev–Trinajstić information content (AvgIpc) is 2.16. The summed E-state index contributed by atoms with van der Waals surface area (Å²) in [5.41, 5.74) is 2.87. The first kappa shape index (κ1) is 10.3. The van der Waals surface area contributed by atoms with Crippen LogP contribution >= 0.6 is 0 Å². The van der Waals surface area contributed by atoms with Crippen molar-refractivity contribution in [2.24, 2.45) is 0 Å². The molecule has 0 spiro atoms. The first-order valence-corrected chi connectivity index (χ1v) is 4.93. The summed E-state index contributed by atoms with van der Waals surface area (Å²) < 4.78 is 0. The number of rotatable bonds is 3. The van der Waals surface area contributed by atoms with Crippen LogP contribution in [-0.2, 0) is 0 Å². The SMILES string of the molecule is CN[C@@H](C)c1ccccc1C(C)C. The molecule has 72 valence electrons. The molecule has 13 heavy (non-hydrogen) atoms. The van der Waals surface area contributed by atoms with Gasteiger partial charge in [-0.25, -0.2) is 0 Å². The standard InChI is InChI=1S/C12H19N/c1-9(2)11-7-5-6-8-12(11)10(3)13-4/h5-10,13H,1-4H3/t10-/m0/s1. The van der Waals surface area contributed by atoms with Crippen LogP contribution in [0.4, 0.5) is 0 Å². The van der Waals surface area contributed by atoms with E-state index in [1.54, 1.807) is 0 Å². The topological polar surface area (TPSA) is 12.0 Å². The Morgan fingerprint density at radius 2 is 1.54 bits per heavy atom. The van der Waals surface area contributed by atoms with Crippen LogP contribution in [0.1, 0.15) is 43.9 Å². The number of hydrogen-bond donors (Lipinski definition) is 1. The van der Waals surface area contributed by atoms with Crippen LogP contribution in [0.25, 0.3) is 0 Å². The van der Waals surface area contributed by atoms with Crippen LogP contribution in [-0.4, -0.2) is 7.05 Å². The molecule has 1 rings (SSSR count). The summed E-state index contributed by atoms with van der Waals surface area (Å²) in [7, 11) is 2.00. The van der Waals surface area contributed by atoms with Gasteiger partial charge in [0.1, 0.15) is 0 Å². The lowest BCUT2D eigenvalue weighted by Gasteiger charge is -2.17. The third kappa shape index (κ3) is 2.31. The van der Waals surface area contributed by atoms with Gasteiger partial charge in [0.15, 0.2) is 0 Å². The predicted octanol–water partition coefficient (Wildman–Crippen LogP) is 3.09. The Morgan fingerprint density at radius 3 is 2.00 bits per heavy atom. The van der Waals surface area contributed by atoms with Crippen molar-refractivity contribution in [3.05, 3.63) is 35.4 Å². The second-order valence-electron chi connectivity index (χ2n) is 3.79. The maximum Gasteiger partial charge on any atom is 0.0291 e. The van der Waals surface area contributed by atoms with Crippen LogP contribution in [0.3, 0.4) is 0 Å². The molecule has 0 radical (unpaired) electrons. The zero-order chi connectivity index (χ0) is 9.84. The van der Waals surface area contributed by atoms with E-state index in [0.717, 1.165) is 0 Å². The minimum Gasteiger partial charge on any atom is -0.313 e. The molecule has 1 nitrogen and oxygen atoms in total. The maximum atomic E-state index is 3.28. The molecule has 1 aromatic carbocycles. The molecule has 0 aliphatic rings. The second-order valence-corrected chi connectivity index (χ2v) is 3.79. The van der Waals surface area contributed by atoms with Crippen molar-refractivity contribution in [3.63, 3.8) is 0 Å². The van der Waals surface area contributed by atoms with Gasteiger partial charge in [-0.05, 0) is 31.0 Å². The normalized spacial score (nSPS) is 13.3. The smallest absolute Gasteiger partial charge is 0.0291 e. The lowest BCUT2D eigenvalue weighted by atomic mass is 9.93. The molecule has 0 saturated heterocycles. The van der Waals surface area contributed by atoms with Gasteiger partial charge in [-0.15, -0.1) is 0 Å². The second kappa shape index (κ2) is 4.43. The molecule has 0 aliphatic heterocycles. The molecule has 1 aromatic rings. The Kier molecular flexibility index (Phi) is 3.49. The summed E-state index contributed by atoms with van der Waals surface area (Å²) in [6.45, 7) is 6.67. The highest BCUT2D eigenvalue weighted by Gasteiger charge is 2.09. The van der Waals surface area contributed by atoms with Crippen LogP contribution in [0.15, 0.2) is 24.3 Å². The van der Waals surface area contributed by atoms with Crippen LogP contribution in [0, 0.1) is 0 Å². The van der Waals surface area contributed by atoms with E-state index in [2.05, 4.69) is 50.4 Å². The zero-order valence-electron chi connectivity index (χ0n) is 8.96. The van der Waals surface area contributed by atoms with Crippen molar-refractivity contribution < 1.29 is 0 Å². The van der Waals surface area contributed by atoms with E-state index in [4.69, 9.17) is 0 Å². The highest BCUT2D eigenvalue weighted by molar-refractivity contribution is 5.31. The van der Waals surface area contributed by atoms with Gasteiger partial charge in [0, 0.05) is 6.04 Å². The van der Waals surface area contributed by atoms with Crippen molar-refractivity contribution in [1.82, 2.24) is 5.32 Å². The molecule has 0 amide bonds. The van der Waals surface area contributed by atoms with Gasteiger partial charge < -0.3 is 5.32 Å². The summed E-state index contributed by atoms with van der Waals surface area (Å²) >= 11 is 0. The fourth-order valence-corrected chi connectivity index (χ4v) is 1.59. The third-order valence-corrected chi connectivity index (χ3v) is 2.52. The van der Waals surface area contributed by atoms with E-state index in [0.29, 0.717) is 12.0 Å². The van der Waals surface area contributed by atoms with E-state index < -0.39 is 0 Å². The predicted molar refractivity (Wildman–Crippen MR) is 58.0 cm³/mol. The third-order valence-electron chi connectivity index (χ3n) is 2.52. The molecular weight excluding hydrogens is 158 g/mol. The van der Waals surface area contributed by atoms with Gasteiger partial charge in [0.2, 0.25) is 0 Å². The monoisotopic (exact) mass is 177 g/mol. The first-order chi connectivity index (χ1) is 6.16. The van der Waals surface area contributed by atoms with Crippen molar-refractivity contribution in [2.75, 3.05) is 7.05 Å². The fourth-order valence-electron chi connectivity index (χ4n) is 1.59. The van der Waals surface area contributed by atoms with Gasteiger partial charge in [0.25, 0.3) is 0 Å². The van der Waals surface area contributed by atoms with E-state index in [9.17, 15) is 0 Å². The quantitative estimate of drug-likeness (QED) is 0.748. The fraction of sp³-hybridized carbons (Fsp3) is 0.500. The Labute approximate surface area is 81.2 Å². The molecule has 0 fully saturated rings. The average molecular weight is 177 g/mol. The summed E-state index contributed by atoms with van der Waals surface area (Å²) in [6.07, 6.45) is 0. The Morgan fingerprint density at radius 1 is 1.00 bits per heavy atom. The van der Waals surface area contributed by atoms with Crippen molar-refractivity contribution in [2.45, 2.75) is 32.7 Å². The summed E-state index contributed by atoms with van der Waals surface area (Å²) in [6, 6.07) is 9.08. The van der Waals surface area contributed by atoms with Crippen LogP contribution in [0.2, 0.25) is 0 Å². The number of hydrogen-bond acceptors (Lipinski definition) is 1. The Hall–Kier alpha value is -0.820. The molecule has 0 aliphatic carbocycles. The van der Waals surface area contributed by atoms with Crippen molar-refractivity contribution in [1.29, 1.82) is 0 Å². The van der Waals surface area contributed by atoms with Gasteiger partial charge in [0.05, 0.1) is 0 Å². The molecular formula is C12H19N. The van der Waals surface area contributed by atoms with Crippen molar-refractivity contribution >= 4 is 0 Å². The summed E-state index contributed by atoms with van der Waals surface area (Å²) in [4.78, 5) is 0. The van der Waals surface area contributed by atoms with Gasteiger partial charge >= 0.3 is 0 Å². The van der Waals surface area contributed by atoms with E-state index in [1.165, 1.54) is 11.1 Å². The highest BCUT2D eigenvalue weighted by Crippen LogP contribution is 2.23. The summed E-state index contributed by atoms with van der Waals surface area (Å²) in [5.74, 6) is 0.604. The lowest BCUT2D eigenvalue weighted by Crippen LogP contribution is -2.14. The largest absolute Gasteiger partial charge is 0.313 e. The highest BCUT2D eigenvalue weighted by atomic mass is 14.9. The number of benzene rings is 1. The minimum atomic E-state index is 0.443. The Balaban J connectivity index is 3.04. The van der Waals surface area contributed by atoms with Gasteiger partial charge in [-0.1, -0.05) is 38.1 Å². The van der Waals surface area contributed by atoms with E-state index >= 15 is 0 Å². The molecule has 0 saturated carbocycles. The molecule has 0 heterocycles. The molecule has 1 N–H and O–H groups in total. The zero-order valence-corrected chi connectivity index (χ0v) is 8.96. The van der Waals surface area contributed by atoms with Gasteiger partial charge in [-0.2, -0.15) is 0 Å².